The molecule has 0 aliphatic rings. The van der Waals surface area contributed by atoms with Gasteiger partial charge in [-0.05, 0) is 68.9 Å². The summed E-state index contributed by atoms with van der Waals surface area (Å²) in [6, 6.07) is 11.2. The molecular formula is C21H22ClN3O3S. The van der Waals surface area contributed by atoms with Crippen molar-refractivity contribution >= 4 is 29.3 Å². The van der Waals surface area contributed by atoms with Gasteiger partial charge in [-0.3, -0.25) is 0 Å². The fourth-order valence-electron chi connectivity index (χ4n) is 2.58. The molecule has 3 rings (SSSR count). The number of benzene rings is 1. The normalized spacial score (nSPS) is 11.3. The van der Waals surface area contributed by atoms with Crippen molar-refractivity contribution in [1.82, 2.24) is 14.5 Å². The van der Waals surface area contributed by atoms with Crippen LogP contribution in [0.1, 0.15) is 20.8 Å². The number of hydrogen-bond donors (Lipinski definition) is 0. The van der Waals surface area contributed by atoms with Crippen molar-refractivity contribution in [2.45, 2.75) is 36.4 Å². The quantitative estimate of drug-likeness (QED) is 0.490. The summed E-state index contributed by atoms with van der Waals surface area (Å²) in [4.78, 5) is 20.9. The van der Waals surface area contributed by atoms with Gasteiger partial charge in [-0.1, -0.05) is 11.6 Å². The second-order valence-corrected chi connectivity index (χ2v) is 8.23. The molecule has 0 N–H and O–H groups in total. The molecule has 29 heavy (non-hydrogen) atoms. The third-order valence-electron chi connectivity index (χ3n) is 4.05. The first kappa shape index (κ1) is 21.2. The fraction of sp³-hybridized carbons (Fsp3) is 0.286. The lowest BCUT2D eigenvalue weighted by Gasteiger charge is -2.24. The van der Waals surface area contributed by atoms with Crippen LogP contribution in [0, 0.1) is 0 Å². The van der Waals surface area contributed by atoms with Crippen molar-refractivity contribution in [3.8, 4) is 17.0 Å². The lowest BCUT2D eigenvalue weighted by atomic mass is 10.1. The standard InChI is InChI=1S/C21H22ClN3O3S/c1-5-27-20(26)21(2,3)28-16-9-6-14(7-10-16)18-19(25(4)13-24-18)29-17-11-8-15(22)12-23-17/h6-13H,5H2,1-4H3. The summed E-state index contributed by atoms with van der Waals surface area (Å²) >= 11 is 7.43. The summed E-state index contributed by atoms with van der Waals surface area (Å²) in [5.41, 5.74) is 0.706. The molecule has 0 aliphatic carbocycles. The Labute approximate surface area is 179 Å². The molecule has 6 nitrogen and oxygen atoms in total. The van der Waals surface area contributed by atoms with E-state index in [4.69, 9.17) is 21.1 Å². The Morgan fingerprint density at radius 3 is 2.52 bits per heavy atom. The van der Waals surface area contributed by atoms with Crippen LogP contribution in [0.4, 0.5) is 0 Å². The average Bonchev–Trinajstić information content (AvgIpc) is 3.04. The zero-order chi connectivity index (χ0) is 21.0. The van der Waals surface area contributed by atoms with E-state index in [1.807, 2.05) is 48.0 Å². The summed E-state index contributed by atoms with van der Waals surface area (Å²) in [6.45, 7) is 5.45. The summed E-state index contributed by atoms with van der Waals surface area (Å²) in [7, 11) is 1.94. The van der Waals surface area contributed by atoms with Gasteiger partial charge in [0, 0.05) is 18.8 Å². The number of pyridine rings is 1. The van der Waals surface area contributed by atoms with Crippen molar-refractivity contribution < 1.29 is 14.3 Å². The van der Waals surface area contributed by atoms with Crippen molar-refractivity contribution in [3.63, 3.8) is 0 Å². The van der Waals surface area contributed by atoms with Crippen molar-refractivity contribution in [2.24, 2.45) is 7.05 Å². The van der Waals surface area contributed by atoms with E-state index in [1.165, 1.54) is 11.8 Å². The van der Waals surface area contributed by atoms with E-state index in [-0.39, 0.29) is 0 Å². The van der Waals surface area contributed by atoms with Gasteiger partial charge in [0.2, 0.25) is 0 Å². The lowest BCUT2D eigenvalue weighted by Crippen LogP contribution is -2.39. The van der Waals surface area contributed by atoms with E-state index < -0.39 is 11.6 Å². The fourth-order valence-corrected chi connectivity index (χ4v) is 3.59. The number of imidazole rings is 1. The molecule has 0 atom stereocenters. The number of esters is 1. The second kappa shape index (κ2) is 8.88. The summed E-state index contributed by atoms with van der Waals surface area (Å²) < 4.78 is 12.8. The Balaban J connectivity index is 1.80. The molecule has 152 valence electrons. The molecule has 0 fully saturated rings. The first-order valence-electron chi connectivity index (χ1n) is 9.07. The first-order valence-corrected chi connectivity index (χ1v) is 10.3. The minimum absolute atomic E-state index is 0.313. The van der Waals surface area contributed by atoms with Crippen molar-refractivity contribution in [2.75, 3.05) is 6.61 Å². The Bertz CT molecular complexity index is 985. The first-order chi connectivity index (χ1) is 13.8. The molecule has 2 aromatic heterocycles. The largest absolute Gasteiger partial charge is 0.476 e. The maximum Gasteiger partial charge on any atom is 0.349 e. The van der Waals surface area contributed by atoms with Crippen LogP contribution in [0.2, 0.25) is 5.02 Å². The molecule has 0 unspecified atom stereocenters. The highest BCUT2D eigenvalue weighted by molar-refractivity contribution is 7.99. The Hall–Kier alpha value is -2.51. The van der Waals surface area contributed by atoms with Crippen LogP contribution in [-0.2, 0) is 16.6 Å². The third-order valence-corrected chi connectivity index (χ3v) is 5.40. The van der Waals surface area contributed by atoms with Gasteiger partial charge in [0.1, 0.15) is 21.5 Å². The number of rotatable bonds is 7. The Morgan fingerprint density at radius 1 is 1.17 bits per heavy atom. The molecule has 0 saturated carbocycles. The number of aromatic nitrogens is 3. The second-order valence-electron chi connectivity index (χ2n) is 6.78. The van der Waals surface area contributed by atoms with Crippen molar-refractivity contribution in [1.29, 1.82) is 0 Å². The number of hydrogen-bond acceptors (Lipinski definition) is 6. The predicted molar refractivity (Wildman–Crippen MR) is 113 cm³/mol. The van der Waals surface area contributed by atoms with E-state index in [2.05, 4.69) is 9.97 Å². The van der Waals surface area contributed by atoms with E-state index in [9.17, 15) is 4.79 Å². The summed E-state index contributed by atoms with van der Waals surface area (Å²) in [5.74, 6) is 0.180. The number of nitrogens with zero attached hydrogens (tertiary/aromatic N) is 3. The molecule has 0 radical (unpaired) electrons. The van der Waals surface area contributed by atoms with Crippen LogP contribution >= 0.6 is 23.4 Å². The van der Waals surface area contributed by atoms with Crippen LogP contribution in [0.25, 0.3) is 11.3 Å². The monoisotopic (exact) mass is 431 g/mol. The van der Waals surface area contributed by atoms with E-state index in [1.54, 1.807) is 33.3 Å². The van der Waals surface area contributed by atoms with E-state index in [0.29, 0.717) is 17.4 Å². The molecule has 0 bridgehead atoms. The van der Waals surface area contributed by atoms with Crippen LogP contribution in [0.3, 0.4) is 0 Å². The molecule has 0 saturated heterocycles. The average molecular weight is 432 g/mol. The minimum Gasteiger partial charge on any atom is -0.476 e. The van der Waals surface area contributed by atoms with E-state index >= 15 is 0 Å². The van der Waals surface area contributed by atoms with Gasteiger partial charge in [-0.2, -0.15) is 0 Å². The Kier molecular flexibility index (Phi) is 6.49. The molecule has 1 aromatic carbocycles. The zero-order valence-corrected chi connectivity index (χ0v) is 18.3. The number of halogens is 1. The number of aryl methyl sites for hydroxylation is 1. The minimum atomic E-state index is -1.07. The van der Waals surface area contributed by atoms with Gasteiger partial charge in [0.15, 0.2) is 5.60 Å². The SMILES string of the molecule is CCOC(=O)C(C)(C)Oc1ccc(-c2ncn(C)c2Sc2ccc(Cl)cn2)cc1. The molecule has 0 amide bonds. The maximum absolute atomic E-state index is 12.0. The Morgan fingerprint density at radius 2 is 1.90 bits per heavy atom. The highest BCUT2D eigenvalue weighted by Gasteiger charge is 2.31. The van der Waals surface area contributed by atoms with Crippen LogP contribution in [-0.4, -0.2) is 32.7 Å². The number of ether oxygens (including phenoxy) is 2. The molecule has 0 spiro atoms. The zero-order valence-electron chi connectivity index (χ0n) is 16.7. The summed E-state index contributed by atoms with van der Waals surface area (Å²) in [5, 5.41) is 2.39. The third kappa shape index (κ3) is 5.10. The molecule has 0 aliphatic heterocycles. The molecule has 3 aromatic rings. The van der Waals surface area contributed by atoms with E-state index in [0.717, 1.165) is 21.3 Å². The van der Waals surface area contributed by atoms with Gasteiger partial charge >= 0.3 is 5.97 Å². The highest BCUT2D eigenvalue weighted by atomic mass is 35.5. The highest BCUT2D eigenvalue weighted by Crippen LogP contribution is 2.35. The maximum atomic E-state index is 12.0. The van der Waals surface area contributed by atoms with Gasteiger partial charge < -0.3 is 14.0 Å². The topological polar surface area (TPSA) is 66.2 Å². The van der Waals surface area contributed by atoms with Crippen LogP contribution in [0.15, 0.2) is 59.0 Å². The molecule has 2 heterocycles. The number of carbonyl (C=O) groups excluding carboxylic acids is 1. The predicted octanol–water partition coefficient (Wildman–Crippen LogP) is 5.01. The van der Waals surface area contributed by atoms with Crippen molar-refractivity contribution in [3.05, 3.63) is 53.9 Å². The van der Waals surface area contributed by atoms with Gasteiger partial charge in [0.25, 0.3) is 0 Å². The van der Waals surface area contributed by atoms with Gasteiger partial charge in [-0.25, -0.2) is 14.8 Å². The lowest BCUT2D eigenvalue weighted by molar-refractivity contribution is -0.158. The van der Waals surface area contributed by atoms with Crippen LogP contribution in [0.5, 0.6) is 5.75 Å². The molecular weight excluding hydrogens is 410 g/mol. The van der Waals surface area contributed by atoms with Gasteiger partial charge in [0.05, 0.1) is 18.0 Å². The number of carbonyl (C=O) groups is 1. The molecule has 8 heteroatoms. The summed E-state index contributed by atoms with van der Waals surface area (Å²) in [6.07, 6.45) is 3.39. The smallest absolute Gasteiger partial charge is 0.349 e. The van der Waals surface area contributed by atoms with Gasteiger partial charge in [-0.15, -0.1) is 0 Å². The van der Waals surface area contributed by atoms with Crippen LogP contribution < -0.4 is 4.74 Å².